The molecule has 0 aliphatic carbocycles. The second kappa shape index (κ2) is 5.40. The van der Waals surface area contributed by atoms with E-state index in [-0.39, 0.29) is 27.8 Å². The van der Waals surface area contributed by atoms with Crippen LogP contribution in [0.2, 0.25) is 5.02 Å². The number of halogens is 4. The van der Waals surface area contributed by atoms with E-state index in [0.29, 0.717) is 0 Å². The molecular weight excluding hydrogens is 279 g/mol. The fourth-order valence-corrected chi connectivity index (χ4v) is 1.71. The molecule has 0 saturated carbocycles. The molecule has 100 valence electrons. The predicted molar refractivity (Wildman–Crippen MR) is 67.3 cm³/mol. The van der Waals surface area contributed by atoms with Crippen LogP contribution in [-0.2, 0) is 0 Å². The Balaban J connectivity index is 2.38. The van der Waals surface area contributed by atoms with Gasteiger partial charge in [-0.05, 0) is 36.4 Å². The molecule has 0 heterocycles. The summed E-state index contributed by atoms with van der Waals surface area (Å²) in [5, 5.41) is -0.00274. The zero-order valence-corrected chi connectivity index (χ0v) is 10.3. The molecule has 6 heteroatoms. The van der Waals surface area contributed by atoms with Gasteiger partial charge in [0.2, 0.25) is 0 Å². The smallest absolute Gasteiger partial charge is 0.267 e. The molecule has 19 heavy (non-hydrogen) atoms. The Morgan fingerprint density at radius 2 is 1.74 bits per heavy atom. The molecule has 2 aromatic rings. The van der Waals surface area contributed by atoms with Crippen LogP contribution in [0.15, 0.2) is 36.4 Å². The third kappa shape index (κ3) is 3.12. The first-order valence-corrected chi connectivity index (χ1v) is 5.65. The van der Waals surface area contributed by atoms with Crippen molar-refractivity contribution >= 4 is 17.3 Å². The Hall–Kier alpha value is -1.88. The number of nitrogen functional groups attached to an aromatic ring is 1. The number of rotatable bonds is 3. The van der Waals surface area contributed by atoms with Gasteiger partial charge in [0, 0.05) is 5.69 Å². The van der Waals surface area contributed by atoms with E-state index < -0.39 is 12.2 Å². The van der Waals surface area contributed by atoms with Crippen molar-refractivity contribution in [1.29, 1.82) is 0 Å². The summed E-state index contributed by atoms with van der Waals surface area (Å²) in [5.41, 5.74) is 5.30. The second-order valence-corrected chi connectivity index (χ2v) is 4.18. The molecule has 0 atom stereocenters. The number of alkyl halides is 2. The van der Waals surface area contributed by atoms with E-state index in [0.717, 1.165) is 18.2 Å². The quantitative estimate of drug-likeness (QED) is 0.824. The van der Waals surface area contributed by atoms with Gasteiger partial charge in [0.25, 0.3) is 6.43 Å². The van der Waals surface area contributed by atoms with Crippen molar-refractivity contribution in [2.75, 3.05) is 5.73 Å². The Morgan fingerprint density at radius 3 is 2.37 bits per heavy atom. The van der Waals surface area contributed by atoms with Crippen LogP contribution in [0.5, 0.6) is 11.5 Å². The minimum absolute atomic E-state index is 0.00274. The molecule has 0 aliphatic rings. The van der Waals surface area contributed by atoms with Crippen LogP contribution in [0.1, 0.15) is 12.0 Å². The van der Waals surface area contributed by atoms with E-state index >= 15 is 0 Å². The van der Waals surface area contributed by atoms with Crippen LogP contribution in [-0.4, -0.2) is 0 Å². The zero-order chi connectivity index (χ0) is 14.0. The fraction of sp³-hybridized carbons (Fsp3) is 0.0769. The van der Waals surface area contributed by atoms with Crippen molar-refractivity contribution < 1.29 is 17.9 Å². The molecule has 2 nitrogen and oxygen atoms in total. The SMILES string of the molecule is Nc1ccc(Oc2ccc(F)cc2Cl)c(C(F)F)c1. The summed E-state index contributed by atoms with van der Waals surface area (Å²) >= 11 is 5.77. The summed E-state index contributed by atoms with van der Waals surface area (Å²) in [4.78, 5) is 0. The van der Waals surface area contributed by atoms with Crippen LogP contribution in [0.25, 0.3) is 0 Å². The van der Waals surface area contributed by atoms with Gasteiger partial charge in [-0.15, -0.1) is 0 Å². The maximum absolute atomic E-state index is 12.9. The molecule has 0 spiro atoms. The van der Waals surface area contributed by atoms with E-state index in [9.17, 15) is 13.2 Å². The van der Waals surface area contributed by atoms with Gasteiger partial charge in [-0.1, -0.05) is 11.6 Å². The van der Waals surface area contributed by atoms with E-state index in [4.69, 9.17) is 22.1 Å². The molecule has 2 rings (SSSR count). The lowest BCUT2D eigenvalue weighted by molar-refractivity contribution is 0.148. The van der Waals surface area contributed by atoms with Crippen LogP contribution < -0.4 is 10.5 Å². The van der Waals surface area contributed by atoms with Crippen LogP contribution >= 0.6 is 11.6 Å². The average Bonchev–Trinajstić information content (AvgIpc) is 2.34. The Bertz CT molecular complexity index is 604. The van der Waals surface area contributed by atoms with E-state index in [2.05, 4.69) is 0 Å². The Labute approximate surface area is 112 Å². The normalized spacial score (nSPS) is 10.8. The highest BCUT2D eigenvalue weighted by Crippen LogP contribution is 2.36. The summed E-state index contributed by atoms with van der Waals surface area (Å²) in [5.74, 6) is -0.517. The molecule has 0 aliphatic heterocycles. The predicted octanol–water partition coefficient (Wildman–Crippen LogP) is 4.79. The number of hydrogen-bond acceptors (Lipinski definition) is 2. The van der Waals surface area contributed by atoms with Crippen LogP contribution in [0.4, 0.5) is 18.9 Å². The molecule has 0 amide bonds. The summed E-state index contributed by atoms with van der Waals surface area (Å²) in [6.07, 6.45) is -2.74. The van der Waals surface area contributed by atoms with Gasteiger partial charge in [-0.2, -0.15) is 0 Å². The highest BCUT2D eigenvalue weighted by atomic mass is 35.5. The number of anilines is 1. The first-order valence-electron chi connectivity index (χ1n) is 5.28. The van der Waals surface area contributed by atoms with Gasteiger partial charge in [0.15, 0.2) is 0 Å². The number of nitrogens with two attached hydrogens (primary N) is 1. The minimum Gasteiger partial charge on any atom is -0.455 e. The maximum atomic E-state index is 12.9. The zero-order valence-electron chi connectivity index (χ0n) is 9.54. The first-order chi connectivity index (χ1) is 8.97. The molecule has 0 bridgehead atoms. The van der Waals surface area contributed by atoms with Crippen molar-refractivity contribution in [3.05, 3.63) is 52.8 Å². The minimum atomic E-state index is -2.74. The second-order valence-electron chi connectivity index (χ2n) is 3.77. The summed E-state index contributed by atoms with van der Waals surface area (Å²) in [6, 6.07) is 7.30. The lowest BCUT2D eigenvalue weighted by Gasteiger charge is -2.12. The molecule has 2 N–H and O–H groups in total. The molecule has 2 aromatic carbocycles. The van der Waals surface area contributed by atoms with Gasteiger partial charge in [0.1, 0.15) is 17.3 Å². The molecular formula is C13H9ClF3NO. The number of ether oxygens (including phenoxy) is 1. The lowest BCUT2D eigenvalue weighted by atomic mass is 10.2. The van der Waals surface area contributed by atoms with Gasteiger partial charge >= 0.3 is 0 Å². The third-order valence-corrected chi connectivity index (χ3v) is 2.68. The third-order valence-electron chi connectivity index (χ3n) is 2.38. The molecule has 0 saturated heterocycles. The van der Waals surface area contributed by atoms with E-state index in [1.165, 1.54) is 18.2 Å². The Kier molecular flexibility index (Phi) is 3.85. The summed E-state index contributed by atoms with van der Waals surface area (Å²) < 4.78 is 43.8. The highest BCUT2D eigenvalue weighted by molar-refractivity contribution is 6.32. The maximum Gasteiger partial charge on any atom is 0.267 e. The molecule has 0 fully saturated rings. The molecule has 0 radical (unpaired) electrons. The van der Waals surface area contributed by atoms with Crippen molar-refractivity contribution in [3.8, 4) is 11.5 Å². The van der Waals surface area contributed by atoms with Gasteiger partial charge in [0.05, 0.1) is 10.6 Å². The largest absolute Gasteiger partial charge is 0.455 e. The molecule has 0 unspecified atom stereocenters. The topological polar surface area (TPSA) is 35.2 Å². The first kappa shape index (κ1) is 13.5. The molecule has 0 aromatic heterocycles. The van der Waals surface area contributed by atoms with Crippen molar-refractivity contribution in [2.24, 2.45) is 0 Å². The lowest BCUT2D eigenvalue weighted by Crippen LogP contribution is -1.95. The standard InChI is InChI=1S/C13H9ClF3NO/c14-10-5-7(15)1-3-12(10)19-11-4-2-8(18)6-9(11)13(16)17/h1-6,13H,18H2. The average molecular weight is 288 g/mol. The highest BCUT2D eigenvalue weighted by Gasteiger charge is 2.16. The number of benzene rings is 2. The van der Waals surface area contributed by atoms with E-state index in [1.807, 2.05) is 0 Å². The summed E-state index contributed by atoms with van der Waals surface area (Å²) in [6.45, 7) is 0. The van der Waals surface area contributed by atoms with Crippen molar-refractivity contribution in [1.82, 2.24) is 0 Å². The fourth-order valence-electron chi connectivity index (χ4n) is 1.51. The monoisotopic (exact) mass is 287 g/mol. The van der Waals surface area contributed by atoms with Gasteiger partial charge in [-0.25, -0.2) is 13.2 Å². The van der Waals surface area contributed by atoms with Crippen molar-refractivity contribution in [2.45, 2.75) is 6.43 Å². The summed E-state index contributed by atoms with van der Waals surface area (Å²) in [7, 11) is 0. The number of hydrogen-bond donors (Lipinski definition) is 1. The van der Waals surface area contributed by atoms with E-state index in [1.54, 1.807) is 0 Å². The van der Waals surface area contributed by atoms with Crippen molar-refractivity contribution in [3.63, 3.8) is 0 Å². The van der Waals surface area contributed by atoms with Gasteiger partial charge in [-0.3, -0.25) is 0 Å². The van der Waals surface area contributed by atoms with Crippen LogP contribution in [0, 0.1) is 5.82 Å². The Morgan fingerprint density at radius 1 is 1.05 bits per heavy atom. The van der Waals surface area contributed by atoms with Gasteiger partial charge < -0.3 is 10.5 Å². The van der Waals surface area contributed by atoms with Crippen LogP contribution in [0.3, 0.4) is 0 Å².